The Kier molecular flexibility index (Phi) is 5.87. The molecule has 0 aliphatic heterocycles. The monoisotopic (exact) mass is 216 g/mol. The Labute approximate surface area is 91.6 Å². The second kappa shape index (κ2) is 7.01. The van der Waals surface area contributed by atoms with Gasteiger partial charge in [-0.1, -0.05) is 0 Å². The molecule has 3 nitrogen and oxygen atoms in total. The van der Waals surface area contributed by atoms with Gasteiger partial charge in [-0.05, 0) is 44.8 Å². The van der Waals surface area contributed by atoms with Crippen LogP contribution in [0.25, 0.3) is 0 Å². The Morgan fingerprint density at radius 2 is 2.29 bits per heavy atom. The quantitative estimate of drug-likeness (QED) is 0.520. The number of nitrogens with one attached hydrogen (secondary N) is 2. The van der Waals surface area contributed by atoms with Gasteiger partial charge >= 0.3 is 0 Å². The predicted molar refractivity (Wildman–Crippen MR) is 62.5 cm³/mol. The Morgan fingerprint density at radius 3 is 2.86 bits per heavy atom. The highest BCUT2D eigenvalue weighted by molar-refractivity contribution is 7.80. The minimum absolute atomic E-state index is 0.627. The fourth-order valence-corrected chi connectivity index (χ4v) is 1.58. The lowest BCUT2D eigenvalue weighted by Gasteiger charge is -2.27. The molecule has 0 radical (unpaired) electrons. The summed E-state index contributed by atoms with van der Waals surface area (Å²) in [6.45, 7) is 4.52. The van der Waals surface area contributed by atoms with Crippen molar-refractivity contribution < 1.29 is 4.74 Å². The SMILES string of the molecule is CCOCCCNC(=S)NC1CCC1. The molecule has 0 amide bonds. The molecule has 1 aliphatic carbocycles. The number of rotatable bonds is 6. The largest absolute Gasteiger partial charge is 0.382 e. The molecule has 0 unspecified atom stereocenters. The van der Waals surface area contributed by atoms with Crippen molar-refractivity contribution in [2.24, 2.45) is 0 Å². The molecule has 0 heterocycles. The van der Waals surface area contributed by atoms with E-state index in [4.69, 9.17) is 17.0 Å². The van der Waals surface area contributed by atoms with Crippen LogP contribution in [0, 0.1) is 0 Å². The molecule has 0 atom stereocenters. The summed E-state index contributed by atoms with van der Waals surface area (Å²) in [7, 11) is 0. The normalized spacial score (nSPS) is 16.1. The van der Waals surface area contributed by atoms with Crippen LogP contribution in [0.15, 0.2) is 0 Å². The number of ether oxygens (including phenoxy) is 1. The van der Waals surface area contributed by atoms with Gasteiger partial charge in [0, 0.05) is 25.8 Å². The summed E-state index contributed by atoms with van der Waals surface area (Å²) in [5.41, 5.74) is 0. The molecule has 82 valence electrons. The summed E-state index contributed by atoms with van der Waals surface area (Å²) < 4.78 is 5.23. The lowest BCUT2D eigenvalue weighted by atomic mass is 9.93. The lowest BCUT2D eigenvalue weighted by molar-refractivity contribution is 0.145. The molecular weight excluding hydrogens is 196 g/mol. The van der Waals surface area contributed by atoms with Crippen LogP contribution in [0.3, 0.4) is 0 Å². The first kappa shape index (κ1) is 11.7. The van der Waals surface area contributed by atoms with Crippen molar-refractivity contribution in [3.8, 4) is 0 Å². The second-order valence-electron chi connectivity index (χ2n) is 3.58. The molecule has 0 bridgehead atoms. The van der Waals surface area contributed by atoms with E-state index in [2.05, 4.69) is 10.6 Å². The topological polar surface area (TPSA) is 33.3 Å². The molecule has 1 aliphatic rings. The van der Waals surface area contributed by atoms with Gasteiger partial charge in [0.15, 0.2) is 5.11 Å². The van der Waals surface area contributed by atoms with E-state index < -0.39 is 0 Å². The summed E-state index contributed by atoms with van der Waals surface area (Å²) >= 11 is 5.15. The minimum atomic E-state index is 0.627. The van der Waals surface area contributed by atoms with E-state index in [0.29, 0.717) is 6.04 Å². The highest BCUT2D eigenvalue weighted by Gasteiger charge is 2.17. The standard InChI is InChI=1S/C10H20N2OS/c1-2-13-8-4-7-11-10(14)12-9-5-3-6-9/h9H,2-8H2,1H3,(H2,11,12,14). The molecule has 0 aromatic heterocycles. The Bertz CT molecular complexity index is 172. The molecule has 14 heavy (non-hydrogen) atoms. The Balaban J connectivity index is 1.87. The highest BCUT2D eigenvalue weighted by Crippen LogP contribution is 2.17. The molecule has 0 spiro atoms. The van der Waals surface area contributed by atoms with Gasteiger partial charge in [-0.2, -0.15) is 0 Å². The highest BCUT2D eigenvalue weighted by atomic mass is 32.1. The first-order valence-corrected chi connectivity index (χ1v) is 5.86. The maximum Gasteiger partial charge on any atom is 0.166 e. The molecule has 0 aromatic rings. The van der Waals surface area contributed by atoms with Gasteiger partial charge in [0.2, 0.25) is 0 Å². The average molecular weight is 216 g/mol. The van der Waals surface area contributed by atoms with Crippen molar-refractivity contribution in [1.29, 1.82) is 0 Å². The molecule has 4 heteroatoms. The smallest absolute Gasteiger partial charge is 0.166 e. The molecule has 1 fully saturated rings. The first-order valence-electron chi connectivity index (χ1n) is 5.45. The number of hydrogen-bond acceptors (Lipinski definition) is 2. The van der Waals surface area contributed by atoms with Crippen LogP contribution in [0.2, 0.25) is 0 Å². The molecule has 1 saturated carbocycles. The lowest BCUT2D eigenvalue weighted by Crippen LogP contribution is -2.45. The summed E-state index contributed by atoms with van der Waals surface area (Å²) in [4.78, 5) is 0. The summed E-state index contributed by atoms with van der Waals surface area (Å²) in [6.07, 6.45) is 4.88. The van der Waals surface area contributed by atoms with Crippen LogP contribution in [0.5, 0.6) is 0 Å². The van der Waals surface area contributed by atoms with E-state index in [0.717, 1.165) is 31.3 Å². The average Bonchev–Trinajstić information content (AvgIpc) is 2.11. The van der Waals surface area contributed by atoms with E-state index in [9.17, 15) is 0 Å². The van der Waals surface area contributed by atoms with Crippen LogP contribution < -0.4 is 10.6 Å². The van der Waals surface area contributed by atoms with Gasteiger partial charge in [-0.25, -0.2) is 0 Å². The third-order valence-electron chi connectivity index (χ3n) is 2.40. The molecule has 0 aromatic carbocycles. The van der Waals surface area contributed by atoms with E-state index in [1.165, 1.54) is 19.3 Å². The maximum absolute atomic E-state index is 5.23. The molecular formula is C10H20N2OS. The van der Waals surface area contributed by atoms with Crippen LogP contribution in [0.4, 0.5) is 0 Å². The summed E-state index contributed by atoms with van der Waals surface area (Å²) in [6, 6.07) is 0.627. The second-order valence-corrected chi connectivity index (χ2v) is 3.99. The zero-order valence-corrected chi connectivity index (χ0v) is 9.66. The van der Waals surface area contributed by atoms with E-state index >= 15 is 0 Å². The zero-order chi connectivity index (χ0) is 10.2. The number of thiocarbonyl (C=S) groups is 1. The van der Waals surface area contributed by atoms with Crippen LogP contribution in [0.1, 0.15) is 32.6 Å². The third-order valence-corrected chi connectivity index (χ3v) is 2.66. The summed E-state index contributed by atoms with van der Waals surface area (Å²) in [5, 5.41) is 7.27. The predicted octanol–water partition coefficient (Wildman–Crippen LogP) is 1.43. The van der Waals surface area contributed by atoms with Crippen molar-refractivity contribution in [3.63, 3.8) is 0 Å². The van der Waals surface area contributed by atoms with Crippen LogP contribution in [-0.2, 0) is 4.74 Å². The van der Waals surface area contributed by atoms with Crippen LogP contribution in [-0.4, -0.2) is 30.9 Å². The van der Waals surface area contributed by atoms with Gasteiger partial charge in [0.1, 0.15) is 0 Å². The van der Waals surface area contributed by atoms with E-state index in [1.807, 2.05) is 6.92 Å². The van der Waals surface area contributed by atoms with Crippen molar-refractivity contribution in [1.82, 2.24) is 10.6 Å². The zero-order valence-electron chi connectivity index (χ0n) is 8.84. The molecule has 0 saturated heterocycles. The fraction of sp³-hybridized carbons (Fsp3) is 0.900. The van der Waals surface area contributed by atoms with Gasteiger partial charge in [-0.15, -0.1) is 0 Å². The van der Waals surface area contributed by atoms with Crippen molar-refractivity contribution in [3.05, 3.63) is 0 Å². The third kappa shape index (κ3) is 4.77. The van der Waals surface area contributed by atoms with Crippen molar-refractivity contribution in [2.75, 3.05) is 19.8 Å². The maximum atomic E-state index is 5.23. The molecule has 1 rings (SSSR count). The Morgan fingerprint density at radius 1 is 1.50 bits per heavy atom. The summed E-state index contributed by atoms with van der Waals surface area (Å²) in [5.74, 6) is 0. The van der Waals surface area contributed by atoms with Crippen LogP contribution >= 0.6 is 12.2 Å². The van der Waals surface area contributed by atoms with Crippen molar-refractivity contribution >= 4 is 17.3 Å². The van der Waals surface area contributed by atoms with Gasteiger partial charge in [0.05, 0.1) is 0 Å². The van der Waals surface area contributed by atoms with E-state index in [-0.39, 0.29) is 0 Å². The van der Waals surface area contributed by atoms with Crippen molar-refractivity contribution in [2.45, 2.75) is 38.6 Å². The van der Waals surface area contributed by atoms with E-state index in [1.54, 1.807) is 0 Å². The first-order chi connectivity index (χ1) is 6.83. The van der Waals surface area contributed by atoms with Gasteiger partial charge in [0.25, 0.3) is 0 Å². The number of hydrogen-bond donors (Lipinski definition) is 2. The van der Waals surface area contributed by atoms with Gasteiger partial charge in [-0.3, -0.25) is 0 Å². The fourth-order valence-electron chi connectivity index (χ4n) is 1.31. The molecule has 2 N–H and O–H groups in total. The minimum Gasteiger partial charge on any atom is -0.382 e. The van der Waals surface area contributed by atoms with Gasteiger partial charge < -0.3 is 15.4 Å². The Hall–Kier alpha value is -0.350.